The number of hydrogen-bond acceptors (Lipinski definition) is 0. The molecule has 2 aliphatic heterocycles. The molecule has 3 aromatic rings. The van der Waals surface area contributed by atoms with Gasteiger partial charge in [-0.1, -0.05) is 12.1 Å². The summed E-state index contributed by atoms with van der Waals surface area (Å²) in [6.45, 7) is 4.35. The summed E-state index contributed by atoms with van der Waals surface area (Å²) in [7, 11) is 0. The van der Waals surface area contributed by atoms with E-state index in [-0.39, 0.29) is 0 Å². The minimum atomic E-state index is 1.08. The second-order valence-corrected chi connectivity index (χ2v) is 6.70. The molecule has 5 rings (SSSR count). The van der Waals surface area contributed by atoms with Gasteiger partial charge in [0, 0.05) is 37.1 Å². The van der Waals surface area contributed by atoms with Crippen molar-refractivity contribution in [3.8, 4) is 22.5 Å². The zero-order valence-corrected chi connectivity index (χ0v) is 13.4. The summed E-state index contributed by atoms with van der Waals surface area (Å²) in [5, 5.41) is 0. The van der Waals surface area contributed by atoms with Crippen LogP contribution < -0.4 is 9.13 Å². The number of benzene rings is 1. The van der Waals surface area contributed by atoms with E-state index in [0.29, 0.717) is 0 Å². The molecule has 4 heterocycles. The van der Waals surface area contributed by atoms with E-state index in [2.05, 4.69) is 70.9 Å². The molecule has 23 heavy (non-hydrogen) atoms. The summed E-state index contributed by atoms with van der Waals surface area (Å²) >= 11 is 0. The van der Waals surface area contributed by atoms with Crippen molar-refractivity contribution in [1.29, 1.82) is 0 Å². The van der Waals surface area contributed by atoms with Gasteiger partial charge in [0.05, 0.1) is 11.1 Å². The first-order valence-corrected chi connectivity index (χ1v) is 8.45. The summed E-state index contributed by atoms with van der Waals surface area (Å²) in [5.74, 6) is 0. The van der Waals surface area contributed by atoms with Gasteiger partial charge in [-0.25, -0.2) is 0 Å². The largest absolute Gasteiger partial charge is 0.213 e. The van der Waals surface area contributed by atoms with Crippen LogP contribution in [0, 0.1) is 6.92 Å². The molecule has 0 fully saturated rings. The molecule has 0 amide bonds. The number of hydrogen-bond donors (Lipinski definition) is 0. The molecule has 0 spiro atoms. The monoisotopic (exact) mass is 300 g/mol. The molecule has 112 valence electrons. The molecule has 0 atom stereocenters. The van der Waals surface area contributed by atoms with Crippen LogP contribution in [-0.4, -0.2) is 0 Å². The Hall–Kier alpha value is -2.48. The summed E-state index contributed by atoms with van der Waals surface area (Å²) in [4.78, 5) is 0. The van der Waals surface area contributed by atoms with Crippen molar-refractivity contribution in [3.05, 3.63) is 71.5 Å². The highest BCUT2D eigenvalue weighted by Gasteiger charge is 2.32. The minimum absolute atomic E-state index is 1.08. The Balaban J connectivity index is 1.88. The molecule has 2 nitrogen and oxygen atoms in total. The fourth-order valence-electron chi connectivity index (χ4n) is 4.12. The van der Waals surface area contributed by atoms with Gasteiger partial charge in [-0.3, -0.25) is 0 Å². The van der Waals surface area contributed by atoms with Gasteiger partial charge >= 0.3 is 0 Å². The van der Waals surface area contributed by atoms with Gasteiger partial charge in [-0.2, -0.15) is 9.13 Å². The second kappa shape index (κ2) is 4.76. The maximum Gasteiger partial charge on any atom is 0.213 e. The highest BCUT2D eigenvalue weighted by molar-refractivity contribution is 5.84. The zero-order valence-electron chi connectivity index (χ0n) is 13.4. The van der Waals surface area contributed by atoms with E-state index in [9.17, 15) is 0 Å². The first-order valence-electron chi connectivity index (χ1n) is 8.45. The molecule has 2 heteroatoms. The maximum atomic E-state index is 2.41. The third-order valence-corrected chi connectivity index (χ3v) is 5.27. The molecule has 0 unspecified atom stereocenters. The summed E-state index contributed by atoms with van der Waals surface area (Å²) in [6, 6.07) is 15.8. The Kier molecular flexibility index (Phi) is 2.69. The Labute approximate surface area is 136 Å². The topological polar surface area (TPSA) is 7.76 Å². The molecular formula is C21H20N2+2. The van der Waals surface area contributed by atoms with E-state index in [1.165, 1.54) is 39.2 Å². The van der Waals surface area contributed by atoms with E-state index in [1.54, 1.807) is 0 Å². The smallest absolute Gasteiger partial charge is 0.198 e. The predicted molar refractivity (Wildman–Crippen MR) is 89.8 cm³/mol. The van der Waals surface area contributed by atoms with Crippen LogP contribution in [0.4, 0.5) is 0 Å². The predicted octanol–water partition coefficient (Wildman–Crippen LogP) is 3.02. The minimum Gasteiger partial charge on any atom is -0.198 e. The van der Waals surface area contributed by atoms with Gasteiger partial charge < -0.3 is 0 Å². The molecule has 0 saturated heterocycles. The van der Waals surface area contributed by atoms with Crippen LogP contribution in [0.5, 0.6) is 0 Å². The quantitative estimate of drug-likeness (QED) is 0.564. The van der Waals surface area contributed by atoms with Crippen LogP contribution in [0.3, 0.4) is 0 Å². The van der Waals surface area contributed by atoms with Crippen molar-refractivity contribution in [1.82, 2.24) is 0 Å². The lowest BCUT2D eigenvalue weighted by Crippen LogP contribution is -2.43. The third-order valence-electron chi connectivity index (χ3n) is 5.27. The van der Waals surface area contributed by atoms with Crippen LogP contribution in [-0.2, 0) is 25.9 Å². The van der Waals surface area contributed by atoms with Crippen molar-refractivity contribution >= 4 is 0 Å². The summed E-state index contributed by atoms with van der Waals surface area (Å²) in [5.41, 5.74) is 9.96. The van der Waals surface area contributed by atoms with Gasteiger partial charge in [0.2, 0.25) is 11.4 Å². The van der Waals surface area contributed by atoms with Crippen molar-refractivity contribution in [2.24, 2.45) is 0 Å². The Bertz CT molecular complexity index is 941. The average Bonchev–Trinajstić information content (AvgIpc) is 2.60. The van der Waals surface area contributed by atoms with Crippen molar-refractivity contribution < 1.29 is 9.13 Å². The van der Waals surface area contributed by atoms with Gasteiger partial charge in [0.1, 0.15) is 0 Å². The van der Waals surface area contributed by atoms with Gasteiger partial charge in [-0.15, -0.1) is 0 Å². The third kappa shape index (κ3) is 1.88. The number of rotatable bonds is 0. The maximum absolute atomic E-state index is 2.41. The lowest BCUT2D eigenvalue weighted by molar-refractivity contribution is -0.689. The Morgan fingerprint density at radius 3 is 2.22 bits per heavy atom. The summed E-state index contributed by atoms with van der Waals surface area (Å²) in [6.07, 6.45) is 6.70. The number of pyridine rings is 2. The Morgan fingerprint density at radius 2 is 1.43 bits per heavy atom. The van der Waals surface area contributed by atoms with Crippen LogP contribution in [0.1, 0.15) is 16.7 Å². The highest BCUT2D eigenvalue weighted by Crippen LogP contribution is 2.38. The molecule has 1 aromatic carbocycles. The highest BCUT2D eigenvalue weighted by atomic mass is 15.0. The molecule has 2 aromatic heterocycles. The standard InChI is InChI=1S/C21H20N2/c1-15-7-11-23-13-9-17-6-5-16-8-12-22-10-3-2-4-18(22)20(16)21(17)19(23)14-15/h2-7,10-11,14H,8-9,12-13H2,1H3/q+2. The van der Waals surface area contributed by atoms with Crippen LogP contribution in [0.15, 0.2) is 54.9 Å². The van der Waals surface area contributed by atoms with Crippen molar-refractivity contribution in [2.45, 2.75) is 32.9 Å². The van der Waals surface area contributed by atoms with Gasteiger partial charge in [0.15, 0.2) is 25.5 Å². The lowest BCUT2D eigenvalue weighted by Gasteiger charge is -2.22. The first-order chi connectivity index (χ1) is 11.3. The SMILES string of the molecule is Cc1cc[n+]2c(c1)-c1c(ccc3c1-c1cccc[n+]1CC3)CC2. The number of aryl methyl sites for hydroxylation is 5. The van der Waals surface area contributed by atoms with E-state index >= 15 is 0 Å². The van der Waals surface area contributed by atoms with Crippen LogP contribution in [0.25, 0.3) is 22.5 Å². The lowest BCUT2D eigenvalue weighted by atomic mass is 9.85. The summed E-state index contributed by atoms with van der Waals surface area (Å²) < 4.78 is 4.81. The molecular weight excluding hydrogens is 280 g/mol. The molecule has 0 radical (unpaired) electrons. The second-order valence-electron chi connectivity index (χ2n) is 6.70. The van der Waals surface area contributed by atoms with Gasteiger partial charge in [-0.05, 0) is 29.7 Å². The van der Waals surface area contributed by atoms with Crippen molar-refractivity contribution in [2.75, 3.05) is 0 Å². The number of nitrogens with zero attached hydrogens (tertiary/aromatic N) is 2. The Morgan fingerprint density at radius 1 is 0.739 bits per heavy atom. The molecule has 0 saturated carbocycles. The van der Waals surface area contributed by atoms with E-state index in [4.69, 9.17) is 0 Å². The van der Waals surface area contributed by atoms with E-state index in [0.717, 1.165) is 25.9 Å². The van der Waals surface area contributed by atoms with E-state index in [1.807, 2.05) is 0 Å². The van der Waals surface area contributed by atoms with Crippen LogP contribution in [0.2, 0.25) is 0 Å². The first kappa shape index (κ1) is 13.0. The molecule has 0 N–H and O–H groups in total. The van der Waals surface area contributed by atoms with Gasteiger partial charge in [0.25, 0.3) is 0 Å². The number of aromatic nitrogens is 2. The fraction of sp³-hybridized carbons (Fsp3) is 0.238. The molecule has 0 bridgehead atoms. The zero-order chi connectivity index (χ0) is 15.4. The van der Waals surface area contributed by atoms with E-state index < -0.39 is 0 Å². The molecule has 0 aliphatic carbocycles. The number of fused-ring (bicyclic) bond motifs is 7. The van der Waals surface area contributed by atoms with Crippen molar-refractivity contribution in [3.63, 3.8) is 0 Å². The molecule has 2 aliphatic rings. The van der Waals surface area contributed by atoms with Crippen LogP contribution >= 0.6 is 0 Å². The fourth-order valence-corrected chi connectivity index (χ4v) is 4.12. The average molecular weight is 300 g/mol. The normalized spacial score (nSPS) is 14.5.